The summed E-state index contributed by atoms with van der Waals surface area (Å²) in [5.41, 5.74) is 15.2. The molecular weight excluding hydrogens is 995 g/mol. The van der Waals surface area contributed by atoms with Crippen molar-refractivity contribution < 1.29 is 18.9 Å². The van der Waals surface area contributed by atoms with Gasteiger partial charge in [-0.1, -0.05) is 18.2 Å². The fraction of sp³-hybridized carbons (Fsp3) is 0.400. The number of ether oxygens (including phenoxy) is 4. The maximum Gasteiger partial charge on any atom is 0.231 e. The number of hydrogen-bond donors (Lipinski definition) is 7. The van der Waals surface area contributed by atoms with Crippen molar-refractivity contribution in [2.75, 3.05) is 119 Å². The average molecular weight is 1070 g/mol. The SMILES string of the molecule is CNc1cc(C)nc(Nc2cc3c(c(C4=CCN(Cc5cc(NC)nc(Nc6cc7c(c(C8=CCN(CCc9cc(NC)nc(Nc%10cc%11c(c(C%12=CCNCCC%12)c%10)OCO%11)n9)CCC8)c6)OCC7)n5)CCC4)c2)OCC3)n1. The molecule has 0 saturated heterocycles. The van der Waals surface area contributed by atoms with Gasteiger partial charge in [0.25, 0.3) is 0 Å². The van der Waals surface area contributed by atoms with Gasteiger partial charge in [0, 0.05) is 154 Å². The largest absolute Gasteiger partial charge is 0.492 e. The van der Waals surface area contributed by atoms with Crippen molar-refractivity contribution in [3.05, 3.63) is 118 Å². The summed E-state index contributed by atoms with van der Waals surface area (Å²) >= 11 is 0. The van der Waals surface area contributed by atoms with Crippen molar-refractivity contribution in [1.29, 1.82) is 0 Å². The zero-order valence-electron chi connectivity index (χ0n) is 45.8. The third-order valence-corrected chi connectivity index (χ3v) is 15.4. The minimum atomic E-state index is 0.212. The molecule has 0 saturated carbocycles. The molecule has 6 aliphatic heterocycles. The highest BCUT2D eigenvalue weighted by Gasteiger charge is 2.26. The van der Waals surface area contributed by atoms with Crippen LogP contribution in [0.15, 0.2) is 72.8 Å². The molecule has 79 heavy (non-hydrogen) atoms. The lowest BCUT2D eigenvalue weighted by Gasteiger charge is -2.19. The van der Waals surface area contributed by atoms with Crippen LogP contribution in [-0.4, -0.2) is 127 Å². The van der Waals surface area contributed by atoms with Crippen LogP contribution < -0.4 is 56.2 Å². The van der Waals surface area contributed by atoms with Gasteiger partial charge in [0.05, 0.1) is 18.9 Å². The van der Waals surface area contributed by atoms with E-state index in [9.17, 15) is 0 Å². The second kappa shape index (κ2) is 23.5. The molecule has 19 nitrogen and oxygen atoms in total. The molecule has 9 heterocycles. The van der Waals surface area contributed by atoms with Gasteiger partial charge in [-0.05, 0) is 112 Å². The molecule has 0 fully saturated rings. The zero-order chi connectivity index (χ0) is 53.7. The second-order valence-corrected chi connectivity index (χ2v) is 20.9. The topological polar surface area (TPSA) is 205 Å². The summed E-state index contributed by atoms with van der Waals surface area (Å²) in [4.78, 5) is 34.1. The molecule has 3 aromatic carbocycles. The Morgan fingerprint density at radius 2 is 1.06 bits per heavy atom. The van der Waals surface area contributed by atoms with Gasteiger partial charge in [-0.15, -0.1) is 0 Å². The Hall–Kier alpha value is -8.00. The van der Waals surface area contributed by atoms with E-state index < -0.39 is 0 Å². The fourth-order valence-corrected chi connectivity index (χ4v) is 11.5. The number of anilines is 9. The first-order valence-corrected chi connectivity index (χ1v) is 28.0. The Labute approximate surface area is 462 Å². The van der Waals surface area contributed by atoms with E-state index in [2.05, 4.69) is 112 Å². The molecule has 0 bridgehead atoms. The lowest BCUT2D eigenvalue weighted by atomic mass is 9.97. The van der Waals surface area contributed by atoms with Gasteiger partial charge < -0.3 is 56.2 Å². The first-order valence-electron chi connectivity index (χ1n) is 28.0. The van der Waals surface area contributed by atoms with Crippen molar-refractivity contribution >= 4 is 69.1 Å². The number of benzene rings is 3. The van der Waals surface area contributed by atoms with Gasteiger partial charge in [-0.2, -0.15) is 15.0 Å². The smallest absolute Gasteiger partial charge is 0.231 e. The summed E-state index contributed by atoms with van der Waals surface area (Å²) in [5.74, 6) is 7.49. The first-order chi connectivity index (χ1) is 38.8. The minimum Gasteiger partial charge on any atom is -0.492 e. The summed E-state index contributed by atoms with van der Waals surface area (Å²) in [6, 6.07) is 18.9. The lowest BCUT2D eigenvalue weighted by Crippen LogP contribution is -2.27. The van der Waals surface area contributed by atoms with Gasteiger partial charge in [0.15, 0.2) is 11.5 Å². The van der Waals surface area contributed by atoms with Crippen LogP contribution in [0.1, 0.15) is 83.4 Å². The molecule has 0 atom stereocenters. The Balaban J connectivity index is 0.713. The minimum absolute atomic E-state index is 0.212. The maximum atomic E-state index is 6.35. The molecule has 6 aliphatic rings. The molecule has 0 radical (unpaired) electrons. The van der Waals surface area contributed by atoms with Crippen LogP contribution in [0.3, 0.4) is 0 Å². The van der Waals surface area contributed by atoms with Crippen LogP contribution in [0.25, 0.3) is 16.7 Å². The first kappa shape index (κ1) is 51.7. The van der Waals surface area contributed by atoms with E-state index in [4.69, 9.17) is 38.9 Å². The van der Waals surface area contributed by atoms with Crippen molar-refractivity contribution in [1.82, 2.24) is 45.0 Å². The van der Waals surface area contributed by atoms with E-state index in [1.807, 2.05) is 46.3 Å². The molecule has 0 unspecified atom stereocenters. The van der Waals surface area contributed by atoms with E-state index >= 15 is 0 Å². The van der Waals surface area contributed by atoms with Gasteiger partial charge >= 0.3 is 0 Å². The summed E-state index contributed by atoms with van der Waals surface area (Å²) < 4.78 is 24.4. The van der Waals surface area contributed by atoms with E-state index in [1.54, 1.807) is 0 Å². The van der Waals surface area contributed by atoms with Crippen LogP contribution in [-0.2, 0) is 25.8 Å². The zero-order valence-corrected chi connectivity index (χ0v) is 45.8. The molecule has 3 aromatic heterocycles. The van der Waals surface area contributed by atoms with Gasteiger partial charge in [-0.3, -0.25) is 9.80 Å². The van der Waals surface area contributed by atoms with Crippen LogP contribution in [0.5, 0.6) is 23.0 Å². The van der Waals surface area contributed by atoms with Crippen molar-refractivity contribution in [3.8, 4) is 23.0 Å². The Kier molecular flexibility index (Phi) is 15.4. The van der Waals surface area contributed by atoms with E-state index in [0.29, 0.717) is 37.6 Å². The fourth-order valence-electron chi connectivity index (χ4n) is 11.5. The molecule has 12 rings (SSSR count). The molecule has 19 heteroatoms. The highest BCUT2D eigenvalue weighted by atomic mass is 16.7. The van der Waals surface area contributed by atoms with Crippen LogP contribution in [0.4, 0.5) is 52.4 Å². The van der Waals surface area contributed by atoms with Gasteiger partial charge in [0.2, 0.25) is 24.6 Å². The monoisotopic (exact) mass is 1070 g/mol. The Morgan fingerprint density at radius 1 is 0.519 bits per heavy atom. The number of hydrogen-bond acceptors (Lipinski definition) is 19. The molecule has 6 aromatic rings. The number of aromatic nitrogens is 6. The summed E-state index contributed by atoms with van der Waals surface area (Å²) in [7, 11) is 5.67. The number of nitrogens with zero attached hydrogens (tertiary/aromatic N) is 8. The second-order valence-electron chi connectivity index (χ2n) is 20.9. The highest BCUT2D eigenvalue weighted by molar-refractivity contribution is 5.80. The normalized spacial score (nSPS) is 17.1. The van der Waals surface area contributed by atoms with E-state index in [1.165, 1.54) is 27.8 Å². The number of nitrogens with one attached hydrogen (secondary N) is 7. The standard InChI is InChI=1S/C60H71N15O4/c1-37-26-52(61-2)71-58(65-37)67-44-27-41-15-24-77-56(41)49(29-44)40-10-7-20-75(22-13-40)35-47-34-54(63-4)73-60(70-47)68-45-28-42-16-25-76-55(42)48(30-45)39-9-6-19-74(21-12-39)23-14-43-33-53(62-3)72-59(66-43)69-46-31-50(38-8-5-17-64-18-11-38)57-51(32-46)78-36-79-57/h11-13,26-34,64H,5-10,14-25,35-36H2,1-4H3,(H2,61,65,67,71)(H2,62,66,69,72)(H2,63,68,70,73). The van der Waals surface area contributed by atoms with E-state index in [0.717, 1.165) is 195 Å². The highest BCUT2D eigenvalue weighted by Crippen LogP contribution is 2.45. The summed E-state index contributed by atoms with van der Waals surface area (Å²) in [5, 5.41) is 23.8. The van der Waals surface area contributed by atoms with Crippen LogP contribution >= 0.6 is 0 Å². The van der Waals surface area contributed by atoms with Crippen LogP contribution in [0, 0.1) is 6.92 Å². The van der Waals surface area contributed by atoms with Crippen molar-refractivity contribution in [3.63, 3.8) is 0 Å². The average Bonchev–Trinajstić information content (AvgIpc) is 4.15. The number of allylic oxidation sites excluding steroid dienone is 3. The summed E-state index contributed by atoms with van der Waals surface area (Å²) in [6.07, 6.45) is 15.5. The molecule has 0 aliphatic carbocycles. The Morgan fingerprint density at radius 3 is 1.72 bits per heavy atom. The number of rotatable bonds is 17. The summed E-state index contributed by atoms with van der Waals surface area (Å²) in [6.45, 7) is 10.4. The van der Waals surface area contributed by atoms with Gasteiger partial charge in [-0.25, -0.2) is 15.0 Å². The lowest BCUT2D eigenvalue weighted by molar-refractivity contribution is 0.173. The third kappa shape index (κ3) is 12.0. The Bertz CT molecular complexity index is 3340. The molecule has 410 valence electrons. The van der Waals surface area contributed by atoms with E-state index in [-0.39, 0.29) is 6.79 Å². The molecule has 7 N–H and O–H groups in total. The predicted molar refractivity (Wildman–Crippen MR) is 313 cm³/mol. The number of fused-ring (bicyclic) bond motifs is 3. The van der Waals surface area contributed by atoms with Crippen molar-refractivity contribution in [2.24, 2.45) is 0 Å². The molecular formula is C60H71N15O4. The quantitative estimate of drug-likeness (QED) is 0.0454. The molecule has 0 amide bonds. The van der Waals surface area contributed by atoms with Crippen molar-refractivity contribution in [2.45, 2.75) is 71.3 Å². The maximum absolute atomic E-state index is 6.35. The van der Waals surface area contributed by atoms with Crippen LogP contribution in [0.2, 0.25) is 0 Å². The third-order valence-electron chi connectivity index (χ3n) is 15.4. The molecule has 0 spiro atoms. The predicted octanol–water partition coefficient (Wildman–Crippen LogP) is 9.49. The number of aryl methyl sites for hydroxylation is 1. The van der Waals surface area contributed by atoms with Gasteiger partial charge in [0.1, 0.15) is 29.0 Å².